The number of halogens is 1. The van der Waals surface area contributed by atoms with Gasteiger partial charge in [0.05, 0.1) is 25.2 Å². The van der Waals surface area contributed by atoms with Gasteiger partial charge in [-0.2, -0.15) is 0 Å². The highest BCUT2D eigenvalue weighted by Gasteiger charge is 2.17. The third-order valence-electron chi connectivity index (χ3n) is 2.90. The van der Waals surface area contributed by atoms with Gasteiger partial charge < -0.3 is 4.74 Å². The van der Waals surface area contributed by atoms with Gasteiger partial charge in [0, 0.05) is 5.69 Å². The van der Waals surface area contributed by atoms with Gasteiger partial charge in [0.2, 0.25) is 10.0 Å². The minimum absolute atomic E-state index is 0.0205. The number of thioether (sulfide) groups is 1. The molecule has 0 unspecified atom stereocenters. The molecule has 0 amide bonds. The Kier molecular flexibility index (Phi) is 6.51. The first-order valence-electron chi connectivity index (χ1n) is 7.23. The van der Waals surface area contributed by atoms with Crippen molar-refractivity contribution in [2.45, 2.75) is 18.6 Å². The predicted molar refractivity (Wildman–Crippen MR) is 90.4 cm³/mol. The Hall–Kier alpha value is -1.98. The molecule has 0 atom stereocenters. The van der Waals surface area contributed by atoms with Crippen LogP contribution in [0.25, 0.3) is 5.69 Å². The van der Waals surface area contributed by atoms with E-state index in [2.05, 4.69) is 14.9 Å². The first-order valence-corrected chi connectivity index (χ1v) is 10.1. The number of aromatic nitrogens is 3. The smallest absolute Gasteiger partial charge is 0.316 e. The molecule has 2 rings (SSSR count). The van der Waals surface area contributed by atoms with Gasteiger partial charge in [-0.15, -0.1) is 10.2 Å². The Morgan fingerprint density at radius 2 is 2.00 bits per heavy atom. The summed E-state index contributed by atoms with van der Waals surface area (Å²) in [6, 6.07) is 5.56. The van der Waals surface area contributed by atoms with Crippen LogP contribution in [0.15, 0.2) is 29.4 Å². The molecule has 0 aliphatic carbocycles. The highest BCUT2D eigenvalue weighted by atomic mass is 32.2. The summed E-state index contributed by atoms with van der Waals surface area (Å²) in [7, 11) is -3.42. The van der Waals surface area contributed by atoms with Crippen LogP contribution in [-0.4, -0.2) is 47.8 Å². The third-order valence-corrected chi connectivity index (χ3v) is 4.47. The number of nitrogens with zero attached hydrogens (tertiary/aromatic N) is 3. The van der Waals surface area contributed by atoms with Crippen molar-refractivity contribution in [1.82, 2.24) is 19.5 Å². The molecule has 1 aromatic carbocycles. The van der Waals surface area contributed by atoms with Crippen LogP contribution in [-0.2, 0) is 26.1 Å². The van der Waals surface area contributed by atoms with Crippen molar-refractivity contribution < 1.29 is 22.3 Å². The van der Waals surface area contributed by atoms with Crippen molar-refractivity contribution >= 4 is 27.8 Å². The van der Waals surface area contributed by atoms with Crippen molar-refractivity contribution in [2.75, 3.05) is 18.6 Å². The van der Waals surface area contributed by atoms with E-state index < -0.39 is 21.8 Å². The Morgan fingerprint density at radius 1 is 1.32 bits per heavy atom. The normalized spacial score (nSPS) is 11.5. The minimum Gasteiger partial charge on any atom is -0.465 e. The van der Waals surface area contributed by atoms with Crippen molar-refractivity contribution in [3.63, 3.8) is 0 Å². The largest absolute Gasteiger partial charge is 0.465 e. The first kappa shape index (κ1) is 19.3. The second-order valence-electron chi connectivity index (χ2n) is 4.90. The molecule has 0 aliphatic heterocycles. The van der Waals surface area contributed by atoms with E-state index in [4.69, 9.17) is 4.74 Å². The molecule has 0 spiro atoms. The lowest BCUT2D eigenvalue weighted by atomic mass is 10.3. The summed E-state index contributed by atoms with van der Waals surface area (Å²) >= 11 is 1.09. The molecule has 8 nitrogen and oxygen atoms in total. The monoisotopic (exact) mass is 388 g/mol. The molecule has 1 N–H and O–H groups in total. The number of hydrogen-bond donors (Lipinski definition) is 1. The summed E-state index contributed by atoms with van der Waals surface area (Å²) in [6.07, 6.45) is 1.03. The quantitative estimate of drug-likeness (QED) is 0.534. The predicted octanol–water partition coefficient (Wildman–Crippen LogP) is 1.11. The molecule has 25 heavy (non-hydrogen) atoms. The summed E-state index contributed by atoms with van der Waals surface area (Å²) < 4.78 is 44.5. The fraction of sp³-hybridized carbons (Fsp3) is 0.357. The molecule has 0 aliphatic rings. The zero-order chi connectivity index (χ0) is 18.4. The molecule has 2 aromatic rings. The van der Waals surface area contributed by atoms with Crippen LogP contribution in [0.4, 0.5) is 4.39 Å². The van der Waals surface area contributed by atoms with Crippen molar-refractivity contribution in [3.05, 3.63) is 35.9 Å². The van der Waals surface area contributed by atoms with E-state index in [1.54, 1.807) is 11.5 Å². The van der Waals surface area contributed by atoms with Gasteiger partial charge in [-0.05, 0) is 31.2 Å². The molecule has 0 bridgehead atoms. The zero-order valence-electron chi connectivity index (χ0n) is 13.6. The van der Waals surface area contributed by atoms with Crippen LogP contribution in [0, 0.1) is 5.82 Å². The maximum absolute atomic E-state index is 13.2. The van der Waals surface area contributed by atoms with Crippen LogP contribution in [0.2, 0.25) is 0 Å². The fourth-order valence-electron chi connectivity index (χ4n) is 1.88. The molecule has 0 radical (unpaired) electrons. The lowest BCUT2D eigenvalue weighted by Crippen LogP contribution is -2.23. The number of carbonyl (C=O) groups is 1. The fourth-order valence-corrected chi connectivity index (χ4v) is 3.04. The summed E-state index contributed by atoms with van der Waals surface area (Å²) in [5.74, 6) is -0.485. The number of nitrogens with one attached hydrogen (secondary N) is 1. The average Bonchev–Trinajstić information content (AvgIpc) is 2.94. The van der Waals surface area contributed by atoms with Gasteiger partial charge in [-0.1, -0.05) is 11.8 Å². The van der Waals surface area contributed by atoms with Gasteiger partial charge in [-0.25, -0.2) is 17.5 Å². The van der Waals surface area contributed by atoms with Crippen LogP contribution < -0.4 is 4.72 Å². The average molecular weight is 388 g/mol. The maximum atomic E-state index is 13.2. The number of carbonyl (C=O) groups excluding carboxylic acids is 1. The van der Waals surface area contributed by atoms with Gasteiger partial charge >= 0.3 is 5.97 Å². The second kappa shape index (κ2) is 8.41. The third kappa shape index (κ3) is 5.80. The van der Waals surface area contributed by atoms with E-state index in [0.29, 0.717) is 16.7 Å². The van der Waals surface area contributed by atoms with E-state index in [0.717, 1.165) is 18.0 Å². The van der Waals surface area contributed by atoms with Crippen LogP contribution in [0.1, 0.15) is 12.7 Å². The number of esters is 1. The molecule has 136 valence electrons. The maximum Gasteiger partial charge on any atom is 0.316 e. The van der Waals surface area contributed by atoms with Crippen molar-refractivity contribution in [1.29, 1.82) is 0 Å². The van der Waals surface area contributed by atoms with Crippen LogP contribution >= 0.6 is 11.8 Å². The first-order chi connectivity index (χ1) is 11.8. The molecule has 1 heterocycles. The van der Waals surface area contributed by atoms with Crippen LogP contribution in [0.5, 0.6) is 0 Å². The number of sulfonamides is 1. The standard InChI is InChI=1S/C14H17FN4O4S2/c1-3-23-13(20)9-24-14-18-17-12(8-16-25(2,21)22)19(14)11-6-4-10(15)5-7-11/h4-7,16H,3,8-9H2,1-2H3. The van der Waals surface area contributed by atoms with Gasteiger partial charge in [0.15, 0.2) is 11.0 Å². The van der Waals surface area contributed by atoms with E-state index in [-0.39, 0.29) is 18.9 Å². The number of rotatable bonds is 8. The second-order valence-corrected chi connectivity index (χ2v) is 7.67. The highest BCUT2D eigenvalue weighted by Crippen LogP contribution is 2.22. The summed E-state index contributed by atoms with van der Waals surface area (Å²) in [6.45, 7) is 1.88. The Labute approximate surface area is 148 Å². The van der Waals surface area contributed by atoms with Gasteiger partial charge in [0.1, 0.15) is 5.82 Å². The van der Waals surface area contributed by atoms with Crippen molar-refractivity contribution in [3.8, 4) is 5.69 Å². The van der Waals surface area contributed by atoms with Crippen molar-refractivity contribution in [2.24, 2.45) is 0 Å². The van der Waals surface area contributed by atoms with Crippen LogP contribution in [0.3, 0.4) is 0 Å². The molecule has 0 saturated carbocycles. The minimum atomic E-state index is -3.42. The molecular weight excluding hydrogens is 371 g/mol. The van der Waals surface area contributed by atoms with E-state index in [9.17, 15) is 17.6 Å². The van der Waals surface area contributed by atoms with E-state index >= 15 is 0 Å². The Morgan fingerprint density at radius 3 is 2.60 bits per heavy atom. The Bertz CT molecular complexity index is 837. The lowest BCUT2D eigenvalue weighted by molar-refractivity contribution is -0.139. The highest BCUT2D eigenvalue weighted by molar-refractivity contribution is 7.99. The van der Waals surface area contributed by atoms with Gasteiger partial charge in [0.25, 0.3) is 0 Å². The summed E-state index contributed by atoms with van der Waals surface area (Å²) in [4.78, 5) is 11.5. The van der Waals surface area contributed by atoms with E-state index in [1.165, 1.54) is 24.3 Å². The molecule has 11 heteroatoms. The zero-order valence-corrected chi connectivity index (χ0v) is 15.2. The number of ether oxygens (including phenoxy) is 1. The lowest BCUT2D eigenvalue weighted by Gasteiger charge is -2.10. The Balaban J connectivity index is 2.30. The topological polar surface area (TPSA) is 103 Å². The number of benzene rings is 1. The molecule has 1 aromatic heterocycles. The molecular formula is C14H17FN4O4S2. The molecule has 0 fully saturated rings. The summed E-state index contributed by atoms with van der Waals surface area (Å²) in [5, 5.41) is 8.31. The van der Waals surface area contributed by atoms with Gasteiger partial charge in [-0.3, -0.25) is 9.36 Å². The SMILES string of the molecule is CCOC(=O)CSc1nnc(CNS(C)(=O)=O)n1-c1ccc(F)cc1. The summed E-state index contributed by atoms with van der Waals surface area (Å²) in [5.41, 5.74) is 0.544. The number of hydrogen-bond acceptors (Lipinski definition) is 7. The van der Waals surface area contributed by atoms with E-state index in [1.807, 2.05) is 0 Å². The molecule has 0 saturated heterocycles.